The molecule has 3 heteroatoms. The Morgan fingerprint density at radius 1 is 1.06 bits per heavy atom. The monoisotopic (exact) mass is 264 g/mol. The summed E-state index contributed by atoms with van der Waals surface area (Å²) in [6.45, 7) is 4.07. The zero-order valence-corrected chi connectivity index (χ0v) is 11.9. The minimum Gasteiger partial charge on any atom is -0.210 e. The molecule has 0 saturated carbocycles. The van der Waals surface area contributed by atoms with Gasteiger partial charge in [0.25, 0.3) is 0 Å². The smallest absolute Gasteiger partial charge is 0.210 e. The van der Waals surface area contributed by atoms with Crippen molar-refractivity contribution in [3.63, 3.8) is 0 Å². The first-order valence-corrected chi connectivity index (χ1v) is 7.86. The number of aryl methyl sites for hydroxylation is 1. The van der Waals surface area contributed by atoms with E-state index in [4.69, 9.17) is 0 Å². The summed E-state index contributed by atoms with van der Waals surface area (Å²) >= 11 is 0. The van der Waals surface area contributed by atoms with E-state index in [0.29, 0.717) is 6.42 Å². The minimum atomic E-state index is -3.43. The van der Waals surface area contributed by atoms with Crippen molar-refractivity contribution in [2.45, 2.75) is 50.8 Å². The first kappa shape index (κ1) is 14.8. The Labute approximate surface area is 110 Å². The lowest BCUT2D eigenvalue weighted by Crippen LogP contribution is -1.96. The standard InChI is InChI=1S/C15H20O2S/c1-3-4-5-6-7-8-13-18(16,17)15-11-9-14(2)10-12-15/h9-12H,3-7H2,1-2H3. The lowest BCUT2D eigenvalue weighted by atomic mass is 10.2. The summed E-state index contributed by atoms with van der Waals surface area (Å²) in [5, 5.41) is 2.39. The predicted octanol–water partition coefficient (Wildman–Crippen LogP) is 3.70. The van der Waals surface area contributed by atoms with Crippen molar-refractivity contribution in [2.24, 2.45) is 0 Å². The van der Waals surface area contributed by atoms with Crippen LogP contribution >= 0.6 is 0 Å². The van der Waals surface area contributed by atoms with Gasteiger partial charge in [0.05, 0.1) is 4.90 Å². The Hall–Kier alpha value is -1.27. The highest BCUT2D eigenvalue weighted by Gasteiger charge is 2.09. The van der Waals surface area contributed by atoms with Gasteiger partial charge in [-0.05, 0) is 25.5 Å². The van der Waals surface area contributed by atoms with Crippen LogP contribution in [-0.4, -0.2) is 8.42 Å². The minimum absolute atomic E-state index is 0.286. The van der Waals surface area contributed by atoms with Crippen LogP contribution in [0.3, 0.4) is 0 Å². The summed E-state index contributed by atoms with van der Waals surface area (Å²) in [5.74, 6) is 2.76. The molecule has 0 aromatic heterocycles. The van der Waals surface area contributed by atoms with Crippen LogP contribution in [0.25, 0.3) is 0 Å². The van der Waals surface area contributed by atoms with Crippen LogP contribution in [0.5, 0.6) is 0 Å². The highest BCUT2D eigenvalue weighted by Crippen LogP contribution is 2.11. The summed E-state index contributed by atoms with van der Waals surface area (Å²) < 4.78 is 23.7. The SMILES string of the molecule is CCCCCCC#CS(=O)(=O)c1ccc(C)cc1. The third-order valence-corrected chi connectivity index (χ3v) is 4.00. The molecular formula is C15H20O2S. The fourth-order valence-corrected chi connectivity index (χ4v) is 2.47. The quantitative estimate of drug-likeness (QED) is 0.461. The lowest BCUT2D eigenvalue weighted by molar-refractivity contribution is 0.606. The number of hydrogen-bond donors (Lipinski definition) is 0. The molecule has 98 valence electrons. The van der Waals surface area contributed by atoms with Crippen molar-refractivity contribution >= 4 is 9.84 Å². The molecule has 0 atom stereocenters. The molecule has 0 radical (unpaired) electrons. The lowest BCUT2D eigenvalue weighted by Gasteiger charge is -1.97. The van der Waals surface area contributed by atoms with E-state index in [0.717, 1.165) is 18.4 Å². The van der Waals surface area contributed by atoms with E-state index in [2.05, 4.69) is 18.1 Å². The first-order valence-electron chi connectivity index (χ1n) is 6.37. The van der Waals surface area contributed by atoms with Gasteiger partial charge in [0.2, 0.25) is 9.84 Å². The van der Waals surface area contributed by atoms with E-state index < -0.39 is 9.84 Å². The molecule has 0 fully saturated rings. The zero-order chi connectivity index (χ0) is 13.4. The van der Waals surface area contributed by atoms with E-state index in [-0.39, 0.29) is 4.90 Å². The summed E-state index contributed by atoms with van der Waals surface area (Å²) in [4.78, 5) is 0.286. The number of hydrogen-bond acceptors (Lipinski definition) is 2. The number of rotatable bonds is 5. The molecule has 0 unspecified atom stereocenters. The zero-order valence-electron chi connectivity index (χ0n) is 11.1. The molecule has 0 aliphatic rings. The molecule has 1 aromatic rings. The summed E-state index contributed by atoms with van der Waals surface area (Å²) in [6.07, 6.45) is 5.12. The van der Waals surface area contributed by atoms with Crippen molar-refractivity contribution in [1.29, 1.82) is 0 Å². The Morgan fingerprint density at radius 2 is 1.72 bits per heavy atom. The van der Waals surface area contributed by atoms with Crippen LogP contribution in [0.2, 0.25) is 0 Å². The second-order valence-electron chi connectivity index (χ2n) is 4.41. The van der Waals surface area contributed by atoms with Gasteiger partial charge in [-0.2, -0.15) is 0 Å². The van der Waals surface area contributed by atoms with Crippen molar-refractivity contribution in [3.8, 4) is 11.2 Å². The second kappa shape index (κ2) is 7.23. The van der Waals surface area contributed by atoms with Crippen LogP contribution in [0.4, 0.5) is 0 Å². The van der Waals surface area contributed by atoms with Crippen LogP contribution in [0, 0.1) is 18.1 Å². The average molecular weight is 264 g/mol. The molecule has 0 heterocycles. The molecule has 0 aliphatic carbocycles. The largest absolute Gasteiger partial charge is 0.245 e. The Bertz CT molecular complexity index is 516. The Kier molecular flexibility index (Phi) is 5.94. The molecule has 0 saturated heterocycles. The van der Waals surface area contributed by atoms with Gasteiger partial charge >= 0.3 is 0 Å². The van der Waals surface area contributed by atoms with Gasteiger partial charge in [-0.3, -0.25) is 0 Å². The van der Waals surface area contributed by atoms with E-state index in [1.54, 1.807) is 24.3 Å². The van der Waals surface area contributed by atoms with Crippen LogP contribution in [0.1, 0.15) is 44.6 Å². The van der Waals surface area contributed by atoms with E-state index in [1.165, 1.54) is 12.8 Å². The van der Waals surface area contributed by atoms with Gasteiger partial charge in [-0.25, -0.2) is 8.42 Å². The van der Waals surface area contributed by atoms with E-state index >= 15 is 0 Å². The Balaban J connectivity index is 2.60. The number of benzene rings is 1. The van der Waals surface area contributed by atoms with E-state index in [1.807, 2.05) is 6.92 Å². The third kappa shape index (κ3) is 4.93. The molecule has 2 nitrogen and oxygen atoms in total. The van der Waals surface area contributed by atoms with Crippen LogP contribution < -0.4 is 0 Å². The number of sulfone groups is 1. The maximum atomic E-state index is 11.9. The number of unbranched alkanes of at least 4 members (excludes halogenated alkanes) is 4. The Morgan fingerprint density at radius 3 is 2.33 bits per heavy atom. The van der Waals surface area contributed by atoms with Gasteiger partial charge in [0.15, 0.2) is 0 Å². The summed E-state index contributed by atoms with van der Waals surface area (Å²) in [7, 11) is -3.43. The molecule has 0 amide bonds. The summed E-state index contributed by atoms with van der Waals surface area (Å²) in [6, 6.07) is 6.79. The van der Waals surface area contributed by atoms with Crippen molar-refractivity contribution in [3.05, 3.63) is 29.8 Å². The highest BCUT2D eigenvalue weighted by molar-refractivity contribution is 7.96. The molecule has 1 aromatic carbocycles. The molecule has 18 heavy (non-hydrogen) atoms. The van der Waals surface area contributed by atoms with Gasteiger partial charge < -0.3 is 0 Å². The average Bonchev–Trinajstić information content (AvgIpc) is 2.34. The topological polar surface area (TPSA) is 34.1 Å². The van der Waals surface area contributed by atoms with Crippen molar-refractivity contribution < 1.29 is 8.42 Å². The molecule has 1 rings (SSSR count). The predicted molar refractivity (Wildman–Crippen MR) is 74.9 cm³/mol. The first-order chi connectivity index (χ1) is 8.56. The van der Waals surface area contributed by atoms with Gasteiger partial charge in [-0.15, -0.1) is 0 Å². The normalized spacial score (nSPS) is 10.8. The van der Waals surface area contributed by atoms with Gasteiger partial charge in [-0.1, -0.05) is 49.8 Å². The van der Waals surface area contributed by atoms with Crippen molar-refractivity contribution in [2.75, 3.05) is 0 Å². The van der Waals surface area contributed by atoms with E-state index in [9.17, 15) is 8.42 Å². The van der Waals surface area contributed by atoms with Crippen LogP contribution in [0.15, 0.2) is 29.2 Å². The van der Waals surface area contributed by atoms with Gasteiger partial charge in [0, 0.05) is 11.7 Å². The molecule has 0 spiro atoms. The highest BCUT2D eigenvalue weighted by atomic mass is 32.2. The molecule has 0 N–H and O–H groups in total. The maximum Gasteiger partial charge on any atom is 0.245 e. The maximum absolute atomic E-state index is 11.9. The molecule has 0 bridgehead atoms. The molecule has 0 aliphatic heterocycles. The summed E-state index contributed by atoms with van der Waals surface area (Å²) in [5.41, 5.74) is 1.04. The van der Waals surface area contributed by atoms with Crippen molar-refractivity contribution in [1.82, 2.24) is 0 Å². The van der Waals surface area contributed by atoms with Crippen LogP contribution in [-0.2, 0) is 9.84 Å². The molecular weight excluding hydrogens is 244 g/mol. The second-order valence-corrected chi connectivity index (χ2v) is 6.09. The fraction of sp³-hybridized carbons (Fsp3) is 0.467. The fourth-order valence-electron chi connectivity index (χ4n) is 1.56. The third-order valence-electron chi connectivity index (χ3n) is 2.69. The van der Waals surface area contributed by atoms with Gasteiger partial charge in [0.1, 0.15) is 0 Å².